The third-order valence-electron chi connectivity index (χ3n) is 2.67. The van der Waals surface area contributed by atoms with Crippen molar-refractivity contribution >= 4 is 5.97 Å². The fraction of sp³-hybridized carbons (Fsp3) is 0.417. The lowest BCUT2D eigenvalue weighted by molar-refractivity contribution is -0.145. The summed E-state index contributed by atoms with van der Waals surface area (Å²) in [7, 11) is 0. The van der Waals surface area contributed by atoms with E-state index in [0.717, 1.165) is 12.1 Å². The number of carbonyl (C=O) groups excluding carboxylic acids is 1. The molecule has 3 heteroatoms. The molecule has 0 aliphatic carbocycles. The summed E-state index contributed by atoms with van der Waals surface area (Å²) in [4.78, 5) is 11.7. The Morgan fingerprint density at radius 1 is 1.53 bits per heavy atom. The van der Waals surface area contributed by atoms with Crippen LogP contribution in [0, 0.1) is 0 Å². The monoisotopic (exact) mass is 205 g/mol. The van der Waals surface area contributed by atoms with Crippen LogP contribution in [0.2, 0.25) is 0 Å². The van der Waals surface area contributed by atoms with E-state index >= 15 is 0 Å². The molecular weight excluding hydrogens is 190 g/mol. The Bertz CT molecular complexity index is 362. The van der Waals surface area contributed by atoms with Gasteiger partial charge in [0.05, 0.1) is 12.5 Å². The van der Waals surface area contributed by atoms with Crippen molar-refractivity contribution in [2.24, 2.45) is 0 Å². The van der Waals surface area contributed by atoms with E-state index in [2.05, 4.69) is 5.32 Å². The van der Waals surface area contributed by atoms with Gasteiger partial charge in [-0.2, -0.15) is 0 Å². The molecule has 15 heavy (non-hydrogen) atoms. The van der Waals surface area contributed by atoms with E-state index in [9.17, 15) is 4.79 Å². The first kappa shape index (κ1) is 10.2. The summed E-state index contributed by atoms with van der Waals surface area (Å²) >= 11 is 0. The lowest BCUT2D eigenvalue weighted by Crippen LogP contribution is -2.33. The Morgan fingerprint density at radius 3 is 3.13 bits per heavy atom. The zero-order chi connectivity index (χ0) is 10.7. The molecule has 1 heterocycles. The minimum absolute atomic E-state index is 0.128. The maximum absolute atomic E-state index is 11.7. The average Bonchev–Trinajstić information content (AvgIpc) is 2.28. The van der Waals surface area contributed by atoms with Crippen LogP contribution in [-0.4, -0.2) is 19.1 Å². The van der Waals surface area contributed by atoms with E-state index < -0.39 is 0 Å². The van der Waals surface area contributed by atoms with Crippen LogP contribution in [0.5, 0.6) is 0 Å². The number of esters is 1. The van der Waals surface area contributed by atoms with Gasteiger partial charge in [0, 0.05) is 13.1 Å². The zero-order valence-electron chi connectivity index (χ0n) is 8.82. The van der Waals surface area contributed by atoms with Gasteiger partial charge < -0.3 is 10.1 Å². The molecule has 0 radical (unpaired) electrons. The van der Waals surface area contributed by atoms with Gasteiger partial charge in [-0.25, -0.2) is 0 Å². The highest BCUT2D eigenvalue weighted by molar-refractivity contribution is 5.79. The lowest BCUT2D eigenvalue weighted by Gasteiger charge is -2.24. The largest absolute Gasteiger partial charge is 0.465 e. The summed E-state index contributed by atoms with van der Waals surface area (Å²) in [5, 5.41) is 3.23. The molecule has 1 aromatic carbocycles. The average molecular weight is 205 g/mol. The number of rotatable bonds is 2. The smallest absolute Gasteiger partial charge is 0.314 e. The molecule has 0 unspecified atom stereocenters. The molecule has 0 amide bonds. The molecule has 0 spiro atoms. The normalized spacial score (nSPS) is 19.4. The number of carbonyl (C=O) groups is 1. The third kappa shape index (κ3) is 2.02. The SMILES string of the molecule is CCOC(=O)[C@@H]1CNCc2ccccc21. The van der Waals surface area contributed by atoms with Crippen LogP contribution in [0.25, 0.3) is 0 Å². The quantitative estimate of drug-likeness (QED) is 0.742. The van der Waals surface area contributed by atoms with E-state index in [1.165, 1.54) is 5.56 Å². The molecule has 2 rings (SSSR count). The van der Waals surface area contributed by atoms with Crippen LogP contribution in [-0.2, 0) is 16.1 Å². The molecule has 1 aromatic rings. The second kappa shape index (κ2) is 4.45. The van der Waals surface area contributed by atoms with Crippen molar-refractivity contribution in [1.82, 2.24) is 5.32 Å². The molecule has 0 saturated carbocycles. The number of nitrogens with one attached hydrogen (secondary N) is 1. The highest BCUT2D eigenvalue weighted by atomic mass is 16.5. The molecule has 3 nitrogen and oxygen atoms in total. The van der Waals surface area contributed by atoms with Crippen molar-refractivity contribution in [3.05, 3.63) is 35.4 Å². The minimum Gasteiger partial charge on any atom is -0.465 e. The van der Waals surface area contributed by atoms with Crippen molar-refractivity contribution in [1.29, 1.82) is 0 Å². The molecule has 1 aliphatic heterocycles. The third-order valence-corrected chi connectivity index (χ3v) is 2.67. The van der Waals surface area contributed by atoms with Crippen molar-refractivity contribution < 1.29 is 9.53 Å². The van der Waals surface area contributed by atoms with E-state index in [-0.39, 0.29) is 11.9 Å². The first-order valence-corrected chi connectivity index (χ1v) is 5.28. The van der Waals surface area contributed by atoms with Gasteiger partial charge in [0.1, 0.15) is 0 Å². The minimum atomic E-state index is -0.144. The highest BCUT2D eigenvalue weighted by Gasteiger charge is 2.26. The van der Waals surface area contributed by atoms with Crippen molar-refractivity contribution in [2.75, 3.05) is 13.2 Å². The van der Waals surface area contributed by atoms with Crippen molar-refractivity contribution in [3.63, 3.8) is 0 Å². The molecule has 80 valence electrons. The predicted octanol–water partition coefficient (Wildman–Crippen LogP) is 1.44. The molecule has 0 aromatic heterocycles. The second-order valence-electron chi connectivity index (χ2n) is 3.63. The van der Waals surface area contributed by atoms with Crippen LogP contribution in [0.15, 0.2) is 24.3 Å². The number of hydrogen-bond acceptors (Lipinski definition) is 3. The summed E-state index contributed by atoms with van der Waals surface area (Å²) < 4.78 is 5.06. The Morgan fingerprint density at radius 2 is 2.33 bits per heavy atom. The summed E-state index contributed by atoms with van der Waals surface area (Å²) in [6, 6.07) is 8.02. The molecule has 0 fully saturated rings. The number of benzene rings is 1. The maximum Gasteiger partial charge on any atom is 0.314 e. The van der Waals surface area contributed by atoms with E-state index in [1.807, 2.05) is 31.2 Å². The van der Waals surface area contributed by atoms with Gasteiger partial charge in [0.2, 0.25) is 0 Å². The Kier molecular flexibility index (Phi) is 3.02. The summed E-state index contributed by atoms with van der Waals surface area (Å²) in [6.45, 7) is 3.79. The van der Waals surface area contributed by atoms with Gasteiger partial charge in [-0.15, -0.1) is 0 Å². The van der Waals surface area contributed by atoms with Crippen LogP contribution in [0.4, 0.5) is 0 Å². The topological polar surface area (TPSA) is 38.3 Å². The zero-order valence-corrected chi connectivity index (χ0v) is 8.82. The van der Waals surface area contributed by atoms with Crippen LogP contribution >= 0.6 is 0 Å². The van der Waals surface area contributed by atoms with Crippen molar-refractivity contribution in [3.8, 4) is 0 Å². The van der Waals surface area contributed by atoms with E-state index in [1.54, 1.807) is 0 Å². The predicted molar refractivity (Wildman–Crippen MR) is 57.5 cm³/mol. The molecule has 1 atom stereocenters. The summed E-state index contributed by atoms with van der Waals surface area (Å²) in [5.74, 6) is -0.271. The second-order valence-corrected chi connectivity index (χ2v) is 3.63. The van der Waals surface area contributed by atoms with Crippen LogP contribution in [0.3, 0.4) is 0 Å². The number of hydrogen-bond donors (Lipinski definition) is 1. The first-order valence-electron chi connectivity index (χ1n) is 5.28. The molecule has 1 N–H and O–H groups in total. The van der Waals surface area contributed by atoms with Gasteiger partial charge in [0.25, 0.3) is 0 Å². The Labute approximate surface area is 89.4 Å². The number of fused-ring (bicyclic) bond motifs is 1. The van der Waals surface area contributed by atoms with Gasteiger partial charge in [-0.05, 0) is 18.1 Å². The molecule has 1 aliphatic rings. The molecular formula is C12H15NO2. The maximum atomic E-state index is 11.7. The van der Waals surface area contributed by atoms with E-state index in [4.69, 9.17) is 4.74 Å². The Balaban J connectivity index is 2.25. The fourth-order valence-electron chi connectivity index (χ4n) is 1.95. The first-order chi connectivity index (χ1) is 7.33. The Hall–Kier alpha value is -1.35. The van der Waals surface area contributed by atoms with Gasteiger partial charge in [-0.1, -0.05) is 24.3 Å². The lowest BCUT2D eigenvalue weighted by atomic mass is 9.91. The van der Waals surface area contributed by atoms with Crippen LogP contribution in [0.1, 0.15) is 24.0 Å². The van der Waals surface area contributed by atoms with E-state index in [0.29, 0.717) is 13.2 Å². The standard InChI is InChI=1S/C12H15NO2/c1-2-15-12(14)11-8-13-7-9-5-3-4-6-10(9)11/h3-6,11,13H,2,7-8H2,1H3/t11-/m1/s1. The van der Waals surface area contributed by atoms with Gasteiger partial charge >= 0.3 is 5.97 Å². The fourth-order valence-corrected chi connectivity index (χ4v) is 1.95. The summed E-state index contributed by atoms with van der Waals surface area (Å²) in [5.41, 5.74) is 2.30. The molecule has 0 bridgehead atoms. The number of ether oxygens (including phenoxy) is 1. The van der Waals surface area contributed by atoms with Gasteiger partial charge in [0.15, 0.2) is 0 Å². The summed E-state index contributed by atoms with van der Waals surface area (Å²) in [6.07, 6.45) is 0. The van der Waals surface area contributed by atoms with Crippen LogP contribution < -0.4 is 5.32 Å². The van der Waals surface area contributed by atoms with Crippen molar-refractivity contribution in [2.45, 2.75) is 19.4 Å². The molecule has 0 saturated heterocycles. The van der Waals surface area contributed by atoms with Gasteiger partial charge in [-0.3, -0.25) is 4.79 Å². The highest BCUT2D eigenvalue weighted by Crippen LogP contribution is 2.24.